The van der Waals surface area contributed by atoms with Gasteiger partial charge in [-0.2, -0.15) is 0 Å². The molecule has 1 unspecified atom stereocenters. The number of halogens is 3. The van der Waals surface area contributed by atoms with Crippen molar-refractivity contribution in [3.05, 3.63) is 69.7 Å². The highest BCUT2D eigenvalue weighted by Gasteiger charge is 2.16. The topological polar surface area (TPSA) is 26.0 Å². The molecule has 0 radical (unpaired) electrons. The quantitative estimate of drug-likeness (QED) is 0.903. The Kier molecular flexibility index (Phi) is 4.66. The van der Waals surface area contributed by atoms with Crippen LogP contribution >= 0.6 is 15.9 Å². The molecule has 100 valence electrons. The van der Waals surface area contributed by atoms with Crippen LogP contribution in [0.1, 0.15) is 17.0 Å². The minimum absolute atomic E-state index is 0.167. The summed E-state index contributed by atoms with van der Waals surface area (Å²) >= 11 is 3.22. The highest BCUT2D eigenvalue weighted by molar-refractivity contribution is 9.10. The maximum atomic E-state index is 13.8. The fraction of sp³-hybridized carbons (Fsp3) is 0.200. The molecule has 1 atom stereocenters. The van der Waals surface area contributed by atoms with Crippen LogP contribution < -0.4 is 5.73 Å². The van der Waals surface area contributed by atoms with Gasteiger partial charge < -0.3 is 5.73 Å². The summed E-state index contributed by atoms with van der Waals surface area (Å²) in [5, 5.41) is 0. The first-order valence-corrected chi connectivity index (χ1v) is 6.80. The van der Waals surface area contributed by atoms with E-state index >= 15 is 0 Å². The molecule has 0 amide bonds. The molecule has 1 nitrogen and oxygen atoms in total. The van der Waals surface area contributed by atoms with Crippen LogP contribution in [0.2, 0.25) is 0 Å². The molecule has 0 bridgehead atoms. The van der Waals surface area contributed by atoms with E-state index in [9.17, 15) is 8.78 Å². The second-order valence-electron chi connectivity index (χ2n) is 4.37. The van der Waals surface area contributed by atoms with Gasteiger partial charge >= 0.3 is 0 Å². The number of rotatable bonds is 4. The minimum atomic E-state index is -0.318. The smallest absolute Gasteiger partial charge is 0.137 e. The summed E-state index contributed by atoms with van der Waals surface area (Å²) in [6, 6.07) is 11.4. The van der Waals surface area contributed by atoms with E-state index in [0.29, 0.717) is 23.0 Å². The normalized spacial score (nSPS) is 12.4. The van der Waals surface area contributed by atoms with Crippen LogP contribution in [0.4, 0.5) is 8.78 Å². The van der Waals surface area contributed by atoms with Crippen LogP contribution in [-0.4, -0.2) is 6.54 Å². The molecule has 0 aliphatic carbocycles. The lowest BCUT2D eigenvalue weighted by Gasteiger charge is -2.17. The monoisotopic (exact) mass is 325 g/mol. The van der Waals surface area contributed by atoms with Crippen molar-refractivity contribution < 1.29 is 8.78 Å². The molecular weight excluding hydrogens is 312 g/mol. The predicted molar refractivity (Wildman–Crippen MR) is 76.0 cm³/mol. The lowest BCUT2D eigenvalue weighted by molar-refractivity contribution is 0.572. The molecule has 2 aromatic rings. The number of benzene rings is 2. The fourth-order valence-corrected chi connectivity index (χ4v) is 2.52. The van der Waals surface area contributed by atoms with Crippen molar-refractivity contribution in [3.63, 3.8) is 0 Å². The second-order valence-corrected chi connectivity index (χ2v) is 5.16. The van der Waals surface area contributed by atoms with Gasteiger partial charge in [-0.3, -0.25) is 0 Å². The molecule has 0 spiro atoms. The molecule has 4 heteroatoms. The molecule has 0 heterocycles. The standard InChI is InChI=1S/C15H14BrF2N/c16-15-10(4-3-7-14(15)18)8-11(9-19)12-5-1-2-6-13(12)17/h1-7,11H,8-9,19H2. The molecule has 0 saturated heterocycles. The zero-order valence-electron chi connectivity index (χ0n) is 10.2. The molecular formula is C15H14BrF2N. The summed E-state index contributed by atoms with van der Waals surface area (Å²) in [6.07, 6.45) is 0.496. The number of nitrogens with two attached hydrogens (primary N) is 1. The van der Waals surface area contributed by atoms with Gasteiger partial charge in [-0.25, -0.2) is 8.78 Å². The van der Waals surface area contributed by atoms with Crippen molar-refractivity contribution in [2.24, 2.45) is 5.73 Å². The van der Waals surface area contributed by atoms with E-state index in [1.54, 1.807) is 24.3 Å². The average Bonchev–Trinajstić information content (AvgIpc) is 2.41. The Morgan fingerprint density at radius 2 is 1.68 bits per heavy atom. The van der Waals surface area contributed by atoms with Gasteiger partial charge in [0.15, 0.2) is 0 Å². The van der Waals surface area contributed by atoms with Gasteiger partial charge in [0.25, 0.3) is 0 Å². The molecule has 2 N–H and O–H groups in total. The van der Waals surface area contributed by atoms with Crippen molar-refractivity contribution in [1.82, 2.24) is 0 Å². The second kappa shape index (κ2) is 6.26. The van der Waals surface area contributed by atoms with Crippen LogP contribution in [0.15, 0.2) is 46.9 Å². The molecule has 0 aliphatic heterocycles. The summed E-state index contributed by atoms with van der Waals surface area (Å²) in [5.41, 5.74) is 7.09. The first-order valence-electron chi connectivity index (χ1n) is 6.01. The Morgan fingerprint density at radius 1 is 1.00 bits per heavy atom. The van der Waals surface area contributed by atoms with Crippen LogP contribution in [-0.2, 0) is 6.42 Å². The van der Waals surface area contributed by atoms with Crippen molar-refractivity contribution >= 4 is 15.9 Å². The summed E-state index contributed by atoms with van der Waals surface area (Å²) in [4.78, 5) is 0. The van der Waals surface area contributed by atoms with Gasteiger partial charge in [-0.05, 0) is 52.2 Å². The third kappa shape index (κ3) is 3.19. The van der Waals surface area contributed by atoms with Crippen molar-refractivity contribution in [2.75, 3.05) is 6.54 Å². The van der Waals surface area contributed by atoms with Crippen molar-refractivity contribution in [2.45, 2.75) is 12.3 Å². The molecule has 19 heavy (non-hydrogen) atoms. The Labute approximate surface area is 119 Å². The zero-order valence-corrected chi connectivity index (χ0v) is 11.8. The van der Waals surface area contributed by atoms with Gasteiger partial charge in [0, 0.05) is 5.92 Å². The van der Waals surface area contributed by atoms with Gasteiger partial charge in [-0.1, -0.05) is 30.3 Å². The lowest BCUT2D eigenvalue weighted by atomic mass is 9.91. The first kappa shape index (κ1) is 14.2. The van der Waals surface area contributed by atoms with E-state index in [1.165, 1.54) is 12.1 Å². The molecule has 2 rings (SSSR count). The van der Waals surface area contributed by atoms with Crippen molar-refractivity contribution in [1.29, 1.82) is 0 Å². The van der Waals surface area contributed by atoms with E-state index in [2.05, 4.69) is 15.9 Å². The van der Waals surface area contributed by atoms with E-state index in [0.717, 1.165) is 5.56 Å². The summed E-state index contributed by atoms with van der Waals surface area (Å²) in [5.74, 6) is -0.758. The zero-order chi connectivity index (χ0) is 13.8. The largest absolute Gasteiger partial charge is 0.330 e. The lowest BCUT2D eigenvalue weighted by Crippen LogP contribution is -2.16. The third-order valence-electron chi connectivity index (χ3n) is 3.13. The van der Waals surface area contributed by atoms with Gasteiger partial charge in [-0.15, -0.1) is 0 Å². The van der Waals surface area contributed by atoms with Gasteiger partial charge in [0.2, 0.25) is 0 Å². The Hall–Kier alpha value is -1.26. The Balaban J connectivity index is 2.30. The number of hydrogen-bond acceptors (Lipinski definition) is 1. The SMILES string of the molecule is NCC(Cc1cccc(F)c1Br)c1ccccc1F. The van der Waals surface area contributed by atoms with E-state index in [4.69, 9.17) is 5.73 Å². The molecule has 2 aromatic carbocycles. The van der Waals surface area contributed by atoms with Gasteiger partial charge in [0.1, 0.15) is 11.6 Å². The molecule has 0 saturated carbocycles. The number of hydrogen-bond donors (Lipinski definition) is 1. The van der Waals surface area contributed by atoms with E-state index in [-0.39, 0.29) is 17.6 Å². The maximum Gasteiger partial charge on any atom is 0.137 e. The molecule has 0 aliphatic rings. The fourth-order valence-electron chi connectivity index (χ4n) is 2.10. The summed E-state index contributed by atoms with van der Waals surface area (Å²) < 4.78 is 27.7. The van der Waals surface area contributed by atoms with Crippen LogP contribution in [0.25, 0.3) is 0 Å². The maximum absolute atomic E-state index is 13.8. The van der Waals surface area contributed by atoms with Gasteiger partial charge in [0.05, 0.1) is 4.47 Å². The summed E-state index contributed by atoms with van der Waals surface area (Å²) in [7, 11) is 0. The predicted octanol–water partition coefficient (Wildman–Crippen LogP) is 4.01. The van der Waals surface area contributed by atoms with Crippen LogP contribution in [0, 0.1) is 11.6 Å². The highest BCUT2D eigenvalue weighted by Crippen LogP contribution is 2.27. The van der Waals surface area contributed by atoms with Crippen molar-refractivity contribution in [3.8, 4) is 0 Å². The molecule has 0 fully saturated rings. The van der Waals surface area contributed by atoms with E-state index in [1.807, 2.05) is 6.07 Å². The van der Waals surface area contributed by atoms with Crippen LogP contribution in [0.3, 0.4) is 0 Å². The minimum Gasteiger partial charge on any atom is -0.330 e. The van der Waals surface area contributed by atoms with E-state index < -0.39 is 0 Å². The first-order chi connectivity index (χ1) is 9.13. The summed E-state index contributed by atoms with van der Waals surface area (Å²) in [6.45, 7) is 0.309. The molecule has 0 aromatic heterocycles. The third-order valence-corrected chi connectivity index (χ3v) is 4.02. The Morgan fingerprint density at radius 3 is 2.37 bits per heavy atom. The van der Waals surface area contributed by atoms with Crippen LogP contribution in [0.5, 0.6) is 0 Å². The highest BCUT2D eigenvalue weighted by atomic mass is 79.9. The average molecular weight is 326 g/mol. The Bertz CT molecular complexity index is 572.